The van der Waals surface area contributed by atoms with Gasteiger partial charge in [-0.05, 0) is 36.8 Å². The van der Waals surface area contributed by atoms with Crippen molar-refractivity contribution in [2.75, 3.05) is 6.54 Å². The highest BCUT2D eigenvalue weighted by Crippen LogP contribution is 2.20. The van der Waals surface area contributed by atoms with Gasteiger partial charge < -0.3 is 20.2 Å². The molecule has 2 atom stereocenters. The number of hydrogen-bond donors (Lipinski definition) is 3. The van der Waals surface area contributed by atoms with Crippen LogP contribution in [-0.4, -0.2) is 17.7 Å². The molecule has 0 aliphatic rings. The first-order chi connectivity index (χ1) is 10.5. The highest BCUT2D eigenvalue weighted by atomic mass is 35.5. The molecular weight excluding hydrogens is 311 g/mol. The molecule has 0 bridgehead atoms. The van der Waals surface area contributed by atoms with Crippen molar-refractivity contribution in [2.24, 2.45) is 0 Å². The number of carbonyl (C=O) groups is 1. The number of nitrogens with one attached hydrogen (secondary N) is 2. The summed E-state index contributed by atoms with van der Waals surface area (Å²) < 4.78 is 18.5. The van der Waals surface area contributed by atoms with Crippen molar-refractivity contribution in [1.29, 1.82) is 0 Å². The summed E-state index contributed by atoms with van der Waals surface area (Å²) in [6, 6.07) is 6.70. The van der Waals surface area contributed by atoms with Gasteiger partial charge in [-0.1, -0.05) is 17.7 Å². The number of amides is 2. The highest BCUT2D eigenvalue weighted by molar-refractivity contribution is 6.30. The van der Waals surface area contributed by atoms with Crippen LogP contribution in [0.15, 0.2) is 41.0 Å². The maximum atomic E-state index is 13.3. The number of hydrogen-bond acceptors (Lipinski definition) is 3. The van der Waals surface area contributed by atoms with Crippen LogP contribution in [0, 0.1) is 5.82 Å². The Morgan fingerprint density at radius 3 is 2.86 bits per heavy atom. The van der Waals surface area contributed by atoms with Crippen molar-refractivity contribution in [1.82, 2.24) is 10.6 Å². The Hall–Kier alpha value is -2.05. The van der Waals surface area contributed by atoms with Gasteiger partial charge in [-0.2, -0.15) is 0 Å². The van der Waals surface area contributed by atoms with Crippen LogP contribution in [0.4, 0.5) is 9.18 Å². The van der Waals surface area contributed by atoms with E-state index in [2.05, 4.69) is 10.6 Å². The molecule has 0 saturated carbocycles. The zero-order chi connectivity index (χ0) is 16.1. The van der Waals surface area contributed by atoms with Gasteiger partial charge in [-0.15, -0.1) is 0 Å². The molecule has 118 valence electrons. The van der Waals surface area contributed by atoms with Crippen LogP contribution in [0.3, 0.4) is 0 Å². The summed E-state index contributed by atoms with van der Waals surface area (Å²) in [5.74, 6) is 0.00424. The standard InChI is InChI=1S/C15H16ClFN2O3/c1-9(14-3-2-6-22-14)19-15(21)18-8-13(20)10-4-5-11(16)12(17)7-10/h2-7,9,13,20H,8H2,1H3,(H2,18,19,21)/t9-,13+/m0/s1. The molecule has 2 rings (SSSR count). The predicted molar refractivity (Wildman–Crippen MR) is 80.0 cm³/mol. The predicted octanol–water partition coefficient (Wildman–Crippen LogP) is 3.17. The maximum Gasteiger partial charge on any atom is 0.315 e. The van der Waals surface area contributed by atoms with Gasteiger partial charge in [0.2, 0.25) is 0 Å². The molecule has 0 saturated heterocycles. The van der Waals surface area contributed by atoms with Crippen LogP contribution in [0.1, 0.15) is 30.4 Å². The van der Waals surface area contributed by atoms with Gasteiger partial charge in [-0.3, -0.25) is 0 Å². The van der Waals surface area contributed by atoms with Gasteiger partial charge >= 0.3 is 6.03 Å². The average Bonchev–Trinajstić information content (AvgIpc) is 3.02. The summed E-state index contributed by atoms with van der Waals surface area (Å²) in [6.45, 7) is 1.71. The molecule has 0 spiro atoms. The van der Waals surface area contributed by atoms with Crippen molar-refractivity contribution in [3.63, 3.8) is 0 Å². The van der Waals surface area contributed by atoms with Gasteiger partial charge in [-0.25, -0.2) is 9.18 Å². The lowest BCUT2D eigenvalue weighted by Gasteiger charge is -2.15. The van der Waals surface area contributed by atoms with Crippen molar-refractivity contribution in [3.05, 3.63) is 58.8 Å². The second-order valence-electron chi connectivity index (χ2n) is 4.78. The molecule has 1 heterocycles. The Balaban J connectivity index is 1.83. The Morgan fingerprint density at radius 1 is 1.45 bits per heavy atom. The molecule has 1 aromatic heterocycles. The molecule has 22 heavy (non-hydrogen) atoms. The third-order valence-electron chi connectivity index (χ3n) is 3.10. The molecule has 2 amide bonds. The highest BCUT2D eigenvalue weighted by Gasteiger charge is 2.14. The molecule has 2 aromatic rings. The Morgan fingerprint density at radius 2 is 2.23 bits per heavy atom. The smallest absolute Gasteiger partial charge is 0.315 e. The molecule has 0 aliphatic carbocycles. The van der Waals surface area contributed by atoms with E-state index in [1.165, 1.54) is 18.4 Å². The second kappa shape index (κ2) is 7.29. The number of halogens is 2. The minimum Gasteiger partial charge on any atom is -0.467 e. The van der Waals surface area contributed by atoms with Crippen molar-refractivity contribution in [2.45, 2.75) is 19.1 Å². The zero-order valence-corrected chi connectivity index (χ0v) is 12.6. The Labute approximate surface area is 132 Å². The van der Waals surface area contributed by atoms with E-state index in [0.717, 1.165) is 6.07 Å². The molecule has 1 aromatic carbocycles. The zero-order valence-electron chi connectivity index (χ0n) is 11.8. The molecule has 0 radical (unpaired) electrons. The Kier molecular flexibility index (Phi) is 5.41. The van der Waals surface area contributed by atoms with E-state index in [1.807, 2.05) is 0 Å². The lowest BCUT2D eigenvalue weighted by atomic mass is 10.1. The molecule has 0 unspecified atom stereocenters. The fourth-order valence-corrected chi connectivity index (χ4v) is 2.00. The van der Waals surface area contributed by atoms with Gasteiger partial charge in [0, 0.05) is 6.54 Å². The van der Waals surface area contributed by atoms with Crippen LogP contribution in [0.2, 0.25) is 5.02 Å². The van der Waals surface area contributed by atoms with E-state index >= 15 is 0 Å². The summed E-state index contributed by atoms with van der Waals surface area (Å²) in [7, 11) is 0. The third-order valence-corrected chi connectivity index (χ3v) is 3.41. The maximum absolute atomic E-state index is 13.3. The normalized spacial score (nSPS) is 13.5. The van der Waals surface area contributed by atoms with Crippen molar-refractivity contribution >= 4 is 17.6 Å². The van der Waals surface area contributed by atoms with Crippen LogP contribution >= 0.6 is 11.6 Å². The van der Waals surface area contributed by atoms with Crippen LogP contribution in [0.25, 0.3) is 0 Å². The quantitative estimate of drug-likeness (QED) is 0.790. The van der Waals surface area contributed by atoms with Crippen molar-refractivity contribution < 1.29 is 18.7 Å². The van der Waals surface area contributed by atoms with Gasteiger partial charge in [0.05, 0.1) is 23.4 Å². The lowest BCUT2D eigenvalue weighted by molar-refractivity contribution is 0.172. The first-order valence-corrected chi connectivity index (χ1v) is 7.06. The van der Waals surface area contributed by atoms with Crippen LogP contribution < -0.4 is 10.6 Å². The van der Waals surface area contributed by atoms with Crippen molar-refractivity contribution in [3.8, 4) is 0 Å². The van der Waals surface area contributed by atoms with E-state index < -0.39 is 18.0 Å². The molecule has 0 aliphatic heterocycles. The first-order valence-electron chi connectivity index (χ1n) is 6.68. The number of furan rings is 1. The van der Waals surface area contributed by atoms with Crippen LogP contribution in [-0.2, 0) is 0 Å². The summed E-state index contributed by atoms with van der Waals surface area (Å²) in [6.07, 6.45) is 0.487. The largest absolute Gasteiger partial charge is 0.467 e. The third kappa shape index (κ3) is 4.22. The number of aliphatic hydroxyl groups is 1. The molecule has 0 fully saturated rings. The number of benzene rings is 1. The summed E-state index contributed by atoms with van der Waals surface area (Å²) in [4.78, 5) is 11.7. The molecule has 3 N–H and O–H groups in total. The molecule has 5 nitrogen and oxygen atoms in total. The van der Waals surface area contributed by atoms with E-state index in [0.29, 0.717) is 11.3 Å². The first kappa shape index (κ1) is 16.3. The SMILES string of the molecule is C[C@H](NC(=O)NC[C@@H](O)c1ccc(Cl)c(F)c1)c1ccco1. The number of urea groups is 1. The van der Waals surface area contributed by atoms with E-state index in [4.69, 9.17) is 16.0 Å². The van der Waals surface area contributed by atoms with Crippen LogP contribution in [0.5, 0.6) is 0 Å². The van der Waals surface area contributed by atoms with Gasteiger partial charge in [0.1, 0.15) is 11.6 Å². The van der Waals surface area contributed by atoms with E-state index in [1.54, 1.807) is 19.1 Å². The molecule has 7 heteroatoms. The summed E-state index contributed by atoms with van der Waals surface area (Å²) >= 11 is 5.57. The minimum atomic E-state index is -1.03. The van der Waals surface area contributed by atoms with E-state index in [-0.39, 0.29) is 17.6 Å². The van der Waals surface area contributed by atoms with E-state index in [9.17, 15) is 14.3 Å². The monoisotopic (exact) mass is 326 g/mol. The molecular formula is C15H16ClFN2O3. The lowest BCUT2D eigenvalue weighted by Crippen LogP contribution is -2.39. The number of carbonyl (C=O) groups excluding carboxylic acids is 1. The number of aliphatic hydroxyl groups excluding tert-OH is 1. The topological polar surface area (TPSA) is 74.5 Å². The summed E-state index contributed by atoms with van der Waals surface area (Å²) in [5, 5.41) is 15.1. The van der Waals surface area contributed by atoms with Gasteiger partial charge in [0.15, 0.2) is 0 Å². The van der Waals surface area contributed by atoms with Gasteiger partial charge in [0.25, 0.3) is 0 Å². The fraction of sp³-hybridized carbons (Fsp3) is 0.267. The second-order valence-corrected chi connectivity index (χ2v) is 5.19. The number of rotatable bonds is 5. The minimum absolute atomic E-state index is 0.0195. The fourth-order valence-electron chi connectivity index (χ4n) is 1.88. The average molecular weight is 327 g/mol. The Bertz CT molecular complexity index is 634. The summed E-state index contributed by atoms with van der Waals surface area (Å²) in [5.41, 5.74) is 0.335.